The molecule has 0 saturated carbocycles. The van der Waals surface area contributed by atoms with Crippen LogP contribution in [0.5, 0.6) is 11.5 Å². The van der Waals surface area contributed by atoms with E-state index in [0.29, 0.717) is 23.6 Å². The second-order valence-electron chi connectivity index (χ2n) is 12.1. The molecule has 2 aliphatic heterocycles. The van der Waals surface area contributed by atoms with Gasteiger partial charge in [0.1, 0.15) is 10.0 Å². The molecule has 52 heavy (non-hydrogen) atoms. The number of benzene rings is 1. The number of carboxylic acids is 1. The number of pyridine rings is 1. The first kappa shape index (κ1) is 36.7. The van der Waals surface area contributed by atoms with Crippen LogP contribution in [0.15, 0.2) is 47.4 Å². The summed E-state index contributed by atoms with van der Waals surface area (Å²) >= 11 is 14.7. The third-order valence-corrected chi connectivity index (χ3v) is 11.0. The van der Waals surface area contributed by atoms with Crippen molar-refractivity contribution in [2.45, 2.75) is 44.2 Å². The Balaban J connectivity index is 1.20. The number of anilines is 1. The molecule has 3 aromatic heterocycles. The predicted molar refractivity (Wildman–Crippen MR) is 188 cm³/mol. The Bertz CT molecular complexity index is 2160. The number of carbonyl (C=O) groups excluding carboxylic acids is 3. The molecule has 2 atom stereocenters. The number of aromatic hydroxyl groups is 2. The van der Waals surface area contributed by atoms with Crippen LogP contribution in [0.2, 0.25) is 9.36 Å². The van der Waals surface area contributed by atoms with Gasteiger partial charge in [0.2, 0.25) is 17.3 Å². The lowest BCUT2D eigenvalue weighted by molar-refractivity contribution is -0.688. The zero-order valence-electron chi connectivity index (χ0n) is 27.1. The number of phenols is 2. The van der Waals surface area contributed by atoms with E-state index in [9.17, 15) is 34.5 Å². The summed E-state index contributed by atoms with van der Waals surface area (Å²) in [5, 5.41) is 46.5. The molecule has 1 fully saturated rings. The number of halogens is 2. The number of aliphatic carboxylic acids is 1. The van der Waals surface area contributed by atoms with Crippen LogP contribution < -0.4 is 10.3 Å². The number of phenolic OH excluding ortho intramolecular Hbond substituents is 2. The Labute approximate surface area is 312 Å². The molecule has 1 aromatic carbocycles. The minimum atomic E-state index is -1.79. The lowest BCUT2D eigenvalue weighted by Gasteiger charge is -2.49. The highest BCUT2D eigenvalue weighted by molar-refractivity contribution is 8.00. The molecule has 0 spiro atoms. The maximum absolute atomic E-state index is 13.8. The number of rotatable bonds is 13. The van der Waals surface area contributed by atoms with Crippen molar-refractivity contribution in [1.82, 2.24) is 30.5 Å². The van der Waals surface area contributed by atoms with Crippen molar-refractivity contribution in [2.24, 2.45) is 11.1 Å². The van der Waals surface area contributed by atoms with Crippen molar-refractivity contribution >= 4 is 86.3 Å². The molecule has 0 radical (unpaired) electrons. The number of Topliss-reactive ketones (excluding diaryl/α,β-unsaturated/α-hetero) is 2. The number of aromatic amines is 1. The van der Waals surface area contributed by atoms with Gasteiger partial charge in [-0.05, 0) is 36.8 Å². The smallest absolute Gasteiger partial charge is 0.350 e. The molecule has 0 aliphatic carbocycles. The SMILES string of the molecule is CC(C)(O/N=C(\C(=O)C[C@@H]1C(=O)N2C(c3nn[nH]n3)=C(C[n+]3ccc(CC(=O)c4ccc(O)c(O)c4Cl)cc3)CS[C@H]12)c1nc(N)sc1Cl)C(=O)O. The van der Waals surface area contributed by atoms with Gasteiger partial charge < -0.3 is 25.9 Å². The average Bonchev–Trinajstić information content (AvgIpc) is 3.76. The van der Waals surface area contributed by atoms with Gasteiger partial charge in [0.25, 0.3) is 0 Å². The number of nitrogens with two attached hydrogens (primary N) is 1. The van der Waals surface area contributed by atoms with Crippen molar-refractivity contribution in [2.75, 3.05) is 11.5 Å². The summed E-state index contributed by atoms with van der Waals surface area (Å²) in [7, 11) is 0. The topological polar surface area (TPSA) is 251 Å². The van der Waals surface area contributed by atoms with Gasteiger partial charge in [0.05, 0.1) is 22.0 Å². The zero-order valence-corrected chi connectivity index (χ0v) is 30.3. The largest absolute Gasteiger partial charge is 0.504 e. The molecule has 1 amide bonds. The van der Waals surface area contributed by atoms with Crippen LogP contribution in [0.3, 0.4) is 0 Å². The van der Waals surface area contributed by atoms with Gasteiger partial charge in [-0.1, -0.05) is 39.7 Å². The van der Waals surface area contributed by atoms with Gasteiger partial charge in [0.15, 0.2) is 52.8 Å². The summed E-state index contributed by atoms with van der Waals surface area (Å²) < 4.78 is 1.89. The van der Waals surface area contributed by atoms with Gasteiger partial charge in [-0.3, -0.25) is 19.3 Å². The number of fused-ring (bicyclic) bond motifs is 1. The lowest BCUT2D eigenvalue weighted by atomic mass is 9.89. The van der Waals surface area contributed by atoms with Gasteiger partial charge in [-0.15, -0.1) is 22.0 Å². The number of nitrogens with one attached hydrogen (secondary N) is 1. The van der Waals surface area contributed by atoms with E-state index in [4.69, 9.17) is 33.8 Å². The minimum Gasteiger partial charge on any atom is -0.504 e. The number of hydrogen-bond acceptors (Lipinski definition) is 15. The van der Waals surface area contributed by atoms with Gasteiger partial charge in [-0.25, -0.2) is 14.3 Å². The van der Waals surface area contributed by atoms with Crippen LogP contribution in [-0.2, 0) is 32.2 Å². The Morgan fingerprint density at radius 3 is 2.56 bits per heavy atom. The summed E-state index contributed by atoms with van der Waals surface area (Å²) in [6.07, 6.45) is 3.20. The molecule has 6 rings (SSSR count). The lowest BCUT2D eigenvalue weighted by Crippen LogP contribution is -2.61. The van der Waals surface area contributed by atoms with E-state index in [1.165, 1.54) is 42.6 Å². The fourth-order valence-electron chi connectivity index (χ4n) is 5.38. The Hall–Kier alpha value is -5.11. The van der Waals surface area contributed by atoms with Crippen LogP contribution in [0.4, 0.5) is 5.13 Å². The maximum Gasteiger partial charge on any atom is 0.350 e. The molecule has 1 saturated heterocycles. The summed E-state index contributed by atoms with van der Waals surface area (Å²) in [4.78, 5) is 62.7. The van der Waals surface area contributed by atoms with Crippen LogP contribution in [0.1, 0.15) is 47.7 Å². The molecular weight excluding hydrogens is 761 g/mol. The minimum absolute atomic E-state index is 0.0145. The Morgan fingerprint density at radius 1 is 1.19 bits per heavy atom. The predicted octanol–water partition coefficient (Wildman–Crippen LogP) is 2.86. The van der Waals surface area contributed by atoms with Crippen LogP contribution >= 0.6 is 46.3 Å². The summed E-state index contributed by atoms with van der Waals surface area (Å²) in [6, 6.07) is 6.04. The van der Waals surface area contributed by atoms with E-state index in [0.717, 1.165) is 16.9 Å². The molecule has 0 unspecified atom stereocenters. The maximum atomic E-state index is 13.8. The third-order valence-electron chi connectivity index (χ3n) is 8.18. The molecular formula is C31H28Cl2N9O8S2+. The number of aromatic nitrogens is 6. The van der Waals surface area contributed by atoms with Crippen molar-refractivity contribution < 1.29 is 43.9 Å². The molecule has 5 heterocycles. The Kier molecular flexibility index (Phi) is 10.2. The van der Waals surface area contributed by atoms with E-state index in [1.54, 1.807) is 24.5 Å². The standard InChI is InChI=1S/C31H27Cl2N9O8S2/c1-31(2,29(48)49)50-38-21(22-25(33)52-30(34)35-22)19(45)10-16-27(47)42-23(26-36-39-40-37-26)14(12-51-28(16)42)11-41-7-5-13(6-8-41)9-18(44)15-3-4-17(43)24(46)20(15)32/h3-8,16,28H,9-12H2,1-2H3,(H5-,34,35,36,37,38,39,40,43,44,45,46,48,49)/p+1/t16-,28-/m1/s1. The number of nitrogens with zero attached hydrogens (tertiary/aromatic N) is 7. The number of ketones is 2. The normalized spacial score (nSPS) is 17.5. The van der Waals surface area contributed by atoms with Gasteiger partial charge >= 0.3 is 5.97 Å². The zero-order chi connectivity index (χ0) is 37.5. The number of thioether (sulfide) groups is 1. The van der Waals surface area contributed by atoms with Crippen LogP contribution in [0, 0.1) is 5.92 Å². The van der Waals surface area contributed by atoms with E-state index in [1.807, 2.05) is 4.57 Å². The number of hydrogen-bond donors (Lipinski definition) is 5. The second-order valence-corrected chi connectivity index (χ2v) is 15.2. The van der Waals surface area contributed by atoms with Crippen molar-refractivity contribution in [3.05, 3.63) is 74.2 Å². The second kappa shape index (κ2) is 14.5. The molecule has 4 aromatic rings. The number of carboxylic acid groups (broad SMARTS) is 1. The number of H-pyrrole nitrogens is 1. The first-order chi connectivity index (χ1) is 24.7. The number of oxime groups is 1. The highest BCUT2D eigenvalue weighted by Crippen LogP contribution is 2.47. The number of carbonyl (C=O) groups is 4. The monoisotopic (exact) mass is 788 g/mol. The van der Waals surface area contributed by atoms with Crippen molar-refractivity contribution in [3.8, 4) is 11.5 Å². The highest BCUT2D eigenvalue weighted by Gasteiger charge is 2.54. The molecule has 0 bridgehead atoms. The summed E-state index contributed by atoms with van der Waals surface area (Å²) in [5.74, 6) is -3.87. The third kappa shape index (κ3) is 7.16. The Morgan fingerprint density at radius 2 is 1.92 bits per heavy atom. The fraction of sp³-hybridized carbons (Fsp3) is 0.290. The summed E-state index contributed by atoms with van der Waals surface area (Å²) in [5.41, 5.74) is 5.53. The van der Waals surface area contributed by atoms with E-state index < -0.39 is 40.1 Å². The van der Waals surface area contributed by atoms with E-state index in [-0.39, 0.29) is 61.8 Å². The van der Waals surface area contributed by atoms with Crippen molar-refractivity contribution in [3.63, 3.8) is 0 Å². The van der Waals surface area contributed by atoms with Gasteiger partial charge in [-0.2, -0.15) is 5.21 Å². The summed E-state index contributed by atoms with van der Waals surface area (Å²) in [6.45, 7) is 2.83. The van der Waals surface area contributed by atoms with Crippen LogP contribution in [-0.4, -0.2) is 91.7 Å². The molecule has 21 heteroatoms. The van der Waals surface area contributed by atoms with Crippen molar-refractivity contribution in [1.29, 1.82) is 0 Å². The molecule has 270 valence electrons. The van der Waals surface area contributed by atoms with Crippen LogP contribution in [0.25, 0.3) is 5.70 Å². The fourth-order valence-corrected chi connectivity index (χ4v) is 7.98. The number of tetrazole rings is 1. The first-order valence-electron chi connectivity index (χ1n) is 15.2. The molecule has 17 nitrogen and oxygen atoms in total. The number of β-lactam (4-membered cyclic amide) rings is 1. The number of amides is 1. The highest BCUT2D eigenvalue weighted by atomic mass is 35.5. The molecule has 2 aliphatic rings. The average molecular weight is 790 g/mol. The number of thiazole rings is 1. The van der Waals surface area contributed by atoms with E-state index >= 15 is 0 Å². The quantitative estimate of drug-likeness (QED) is 0.0326. The van der Waals surface area contributed by atoms with Gasteiger partial charge in [0, 0.05) is 41.9 Å². The molecule has 6 N–H and O–H groups in total. The first-order valence-corrected chi connectivity index (χ1v) is 17.9. The number of nitrogen functional groups attached to an aromatic ring is 1. The van der Waals surface area contributed by atoms with E-state index in [2.05, 4.69) is 30.8 Å².